The summed E-state index contributed by atoms with van der Waals surface area (Å²) in [5.41, 5.74) is 1.05. The highest BCUT2D eigenvalue weighted by Crippen LogP contribution is 2.48. The Balaban J connectivity index is 1.60. The second-order valence-electron chi connectivity index (χ2n) is 15.1. The summed E-state index contributed by atoms with van der Waals surface area (Å²) in [4.78, 5) is 27.3. The van der Waals surface area contributed by atoms with Crippen LogP contribution in [0.2, 0.25) is 0 Å². The van der Waals surface area contributed by atoms with Gasteiger partial charge in [-0.3, -0.25) is 9.59 Å². The number of carbonyl (C=O) groups is 2. The van der Waals surface area contributed by atoms with E-state index in [1.165, 1.54) is 7.11 Å². The van der Waals surface area contributed by atoms with Crippen molar-refractivity contribution in [1.29, 1.82) is 0 Å². The molecule has 0 amide bonds. The summed E-state index contributed by atoms with van der Waals surface area (Å²) in [7, 11) is 1.54. The van der Waals surface area contributed by atoms with Gasteiger partial charge >= 0.3 is 11.9 Å². The van der Waals surface area contributed by atoms with Crippen LogP contribution < -0.4 is 0 Å². The number of fused-ring (bicyclic) bond motifs is 2. The first-order valence-corrected chi connectivity index (χ1v) is 17.9. The highest BCUT2D eigenvalue weighted by molar-refractivity contribution is 5.78. The van der Waals surface area contributed by atoms with Crippen LogP contribution in [0.5, 0.6) is 0 Å². The molecular formula is C39H56O11. The highest BCUT2D eigenvalue weighted by atomic mass is 16.7. The maximum absolute atomic E-state index is 14.3. The van der Waals surface area contributed by atoms with E-state index < -0.39 is 89.9 Å². The number of carbonyl (C=O) groups excluding carboxylic acids is 2. The number of hydrogen-bond acceptors (Lipinski definition) is 11. The minimum absolute atomic E-state index is 0.0470. The second kappa shape index (κ2) is 15.1. The van der Waals surface area contributed by atoms with Gasteiger partial charge in [0.15, 0.2) is 0 Å². The van der Waals surface area contributed by atoms with Gasteiger partial charge in [0.1, 0.15) is 42.0 Å². The third kappa shape index (κ3) is 7.07. The maximum Gasteiger partial charge on any atom is 0.316 e. The summed E-state index contributed by atoms with van der Waals surface area (Å²) in [6.45, 7) is 14.8. The number of hydrogen-bond donors (Lipinski definition) is 3. The molecule has 4 aliphatic heterocycles. The van der Waals surface area contributed by atoms with Crippen LogP contribution >= 0.6 is 0 Å². The fraction of sp³-hybridized carbons (Fsp3) is 0.692. The van der Waals surface area contributed by atoms with Crippen molar-refractivity contribution in [2.24, 2.45) is 23.7 Å². The van der Waals surface area contributed by atoms with Crippen LogP contribution in [0.3, 0.4) is 0 Å². The molecule has 3 N–H and O–H groups in total. The molecule has 0 aromatic carbocycles. The van der Waals surface area contributed by atoms with E-state index in [9.17, 15) is 24.9 Å². The lowest BCUT2D eigenvalue weighted by atomic mass is 9.70. The molecule has 3 saturated heterocycles. The van der Waals surface area contributed by atoms with Crippen molar-refractivity contribution in [2.45, 2.75) is 135 Å². The van der Waals surface area contributed by atoms with Gasteiger partial charge in [0.05, 0.1) is 30.8 Å². The average molecular weight is 701 g/mol. The molecule has 5 aliphatic rings. The van der Waals surface area contributed by atoms with Crippen molar-refractivity contribution in [3.63, 3.8) is 0 Å². The Labute approximate surface area is 296 Å². The summed E-state index contributed by atoms with van der Waals surface area (Å²) in [5, 5.41) is 35.7. The Morgan fingerprint density at radius 1 is 1.12 bits per heavy atom. The van der Waals surface area contributed by atoms with Gasteiger partial charge in [-0.05, 0) is 56.4 Å². The lowest BCUT2D eigenvalue weighted by molar-refractivity contribution is -0.380. The van der Waals surface area contributed by atoms with Crippen molar-refractivity contribution in [3.8, 4) is 0 Å². The van der Waals surface area contributed by atoms with Crippen LogP contribution in [0.25, 0.3) is 0 Å². The van der Waals surface area contributed by atoms with Gasteiger partial charge in [-0.2, -0.15) is 0 Å². The van der Waals surface area contributed by atoms with Crippen LogP contribution in [0.15, 0.2) is 58.7 Å². The van der Waals surface area contributed by atoms with E-state index in [1.807, 2.05) is 59.8 Å². The first-order chi connectivity index (χ1) is 23.6. The van der Waals surface area contributed by atoms with Crippen molar-refractivity contribution in [2.75, 3.05) is 13.7 Å². The zero-order valence-corrected chi connectivity index (χ0v) is 30.8. The predicted octanol–water partition coefficient (Wildman–Crippen LogP) is 4.25. The summed E-state index contributed by atoms with van der Waals surface area (Å²) in [6.07, 6.45) is 4.77. The van der Waals surface area contributed by atoms with E-state index in [0.717, 1.165) is 16.7 Å². The minimum atomic E-state index is -1.76. The van der Waals surface area contributed by atoms with E-state index in [2.05, 4.69) is 0 Å². The Kier molecular flexibility index (Phi) is 11.7. The quantitative estimate of drug-likeness (QED) is 0.285. The molecule has 11 heteroatoms. The second-order valence-corrected chi connectivity index (χ2v) is 15.1. The number of esters is 2. The molecule has 0 radical (unpaired) electrons. The Bertz CT molecular complexity index is 1440. The molecule has 1 aliphatic carbocycles. The average Bonchev–Trinajstić information content (AvgIpc) is 3.41. The SMILES string of the molecule is CC=C(C)C1OC2(CC3CC(CC=C(C)C(O)C(C)C=CC=C4COC5C(OC)C(C)=CC(C(=O)O3)C45O)O2)C(O)C(OC(=O)C(C)C)C1C. The van der Waals surface area contributed by atoms with Gasteiger partial charge in [-0.1, -0.05) is 64.2 Å². The van der Waals surface area contributed by atoms with E-state index in [0.29, 0.717) is 12.0 Å². The lowest BCUT2D eigenvalue weighted by Crippen LogP contribution is -2.67. The molecule has 2 bridgehead atoms. The van der Waals surface area contributed by atoms with E-state index in [1.54, 1.807) is 32.1 Å². The van der Waals surface area contributed by atoms with Crippen molar-refractivity contribution >= 4 is 11.9 Å². The molecule has 3 fully saturated rings. The van der Waals surface area contributed by atoms with Crippen LogP contribution in [0.1, 0.15) is 74.7 Å². The summed E-state index contributed by atoms with van der Waals surface area (Å²) in [5.74, 6) is -5.06. The molecule has 11 nitrogen and oxygen atoms in total. The number of rotatable bonds is 4. The minimum Gasteiger partial charge on any atom is -0.462 e. The molecule has 50 heavy (non-hydrogen) atoms. The fourth-order valence-corrected chi connectivity index (χ4v) is 8.09. The van der Waals surface area contributed by atoms with Crippen molar-refractivity contribution in [1.82, 2.24) is 0 Å². The van der Waals surface area contributed by atoms with Gasteiger partial charge < -0.3 is 43.7 Å². The largest absolute Gasteiger partial charge is 0.462 e. The van der Waals surface area contributed by atoms with E-state index in [-0.39, 0.29) is 25.4 Å². The van der Waals surface area contributed by atoms with Gasteiger partial charge in [0, 0.05) is 31.8 Å². The molecule has 13 atom stereocenters. The standard InChI is InChI=1S/C39H56O11/c1-10-21(4)31-25(8)33(48-36(42)20(2)3)34(41)38(50-31)18-28-17-27(49-38)15-14-23(6)30(40)22(5)12-11-13-26-19-46-35-32(45-9)24(7)16-29(37(43)47-28)39(26,35)44/h10-14,16,20,22,25,27-35,40-41,44H,15,17-19H2,1-9H3. The predicted molar refractivity (Wildman–Crippen MR) is 184 cm³/mol. The first-order valence-electron chi connectivity index (χ1n) is 17.9. The van der Waals surface area contributed by atoms with Gasteiger partial charge in [0.25, 0.3) is 0 Å². The molecule has 0 aromatic rings. The lowest BCUT2D eigenvalue weighted by Gasteiger charge is -2.54. The molecule has 5 rings (SSSR count). The molecular weight excluding hydrogens is 644 g/mol. The number of methoxy groups -OCH3 is 1. The number of allylic oxidation sites excluding steroid dienone is 3. The molecule has 278 valence electrons. The van der Waals surface area contributed by atoms with Gasteiger partial charge in [0.2, 0.25) is 5.79 Å². The molecule has 1 spiro atoms. The fourth-order valence-electron chi connectivity index (χ4n) is 8.09. The smallest absolute Gasteiger partial charge is 0.316 e. The van der Waals surface area contributed by atoms with Crippen LogP contribution in [-0.2, 0) is 38.0 Å². The zero-order valence-electron chi connectivity index (χ0n) is 30.8. The van der Waals surface area contributed by atoms with Gasteiger partial charge in [-0.25, -0.2) is 0 Å². The van der Waals surface area contributed by atoms with Crippen LogP contribution in [0, 0.1) is 23.7 Å². The molecule has 0 aromatic heterocycles. The molecule has 4 heterocycles. The highest BCUT2D eigenvalue weighted by Gasteiger charge is 2.62. The van der Waals surface area contributed by atoms with E-state index in [4.69, 9.17) is 28.4 Å². The Morgan fingerprint density at radius 3 is 2.50 bits per heavy atom. The van der Waals surface area contributed by atoms with Crippen molar-refractivity contribution in [3.05, 3.63) is 58.7 Å². The topological polar surface area (TPSA) is 150 Å². The third-order valence-corrected chi connectivity index (χ3v) is 11.3. The van der Waals surface area contributed by atoms with E-state index >= 15 is 0 Å². The zero-order chi connectivity index (χ0) is 36.7. The molecule has 0 saturated carbocycles. The summed E-state index contributed by atoms with van der Waals surface area (Å²) in [6, 6.07) is 0. The number of ether oxygens (including phenoxy) is 6. The third-order valence-electron chi connectivity index (χ3n) is 11.3. The normalized spacial score (nSPS) is 42.7. The molecule has 13 unspecified atom stereocenters. The van der Waals surface area contributed by atoms with Gasteiger partial charge in [-0.15, -0.1) is 0 Å². The van der Waals surface area contributed by atoms with Crippen LogP contribution in [0.4, 0.5) is 0 Å². The number of aliphatic hydroxyl groups is 3. The van der Waals surface area contributed by atoms with Crippen molar-refractivity contribution < 1.29 is 53.3 Å². The summed E-state index contributed by atoms with van der Waals surface area (Å²) < 4.78 is 37.5. The Hall–Kier alpha value is -2.64. The number of aliphatic hydroxyl groups excluding tert-OH is 2. The van der Waals surface area contributed by atoms with Crippen LogP contribution in [-0.4, -0.2) is 101 Å². The maximum atomic E-state index is 14.3. The monoisotopic (exact) mass is 700 g/mol. The summed E-state index contributed by atoms with van der Waals surface area (Å²) >= 11 is 0. The first kappa shape index (κ1) is 38.6. The Morgan fingerprint density at radius 2 is 1.84 bits per heavy atom.